The molecule has 15 heavy (non-hydrogen) atoms. The first kappa shape index (κ1) is 11.3. The van der Waals surface area contributed by atoms with Gasteiger partial charge >= 0.3 is 0 Å². The highest BCUT2D eigenvalue weighted by Gasteiger charge is 2.13. The van der Waals surface area contributed by atoms with Crippen LogP contribution in [0.25, 0.3) is 0 Å². The van der Waals surface area contributed by atoms with Crippen molar-refractivity contribution in [2.45, 2.75) is 20.3 Å². The van der Waals surface area contributed by atoms with Crippen LogP contribution in [0, 0.1) is 0 Å². The van der Waals surface area contributed by atoms with Crippen molar-refractivity contribution in [2.24, 2.45) is 0 Å². The Bertz CT molecular complexity index is 406. The maximum Gasteiger partial charge on any atom is 0.163 e. The number of phenolic OH excluding ortho intramolecular Hbond substituents is 2. The van der Waals surface area contributed by atoms with Gasteiger partial charge in [0.25, 0.3) is 0 Å². The molecular weight excluding hydrogens is 192 g/mol. The Morgan fingerprint density at radius 2 is 2.07 bits per heavy atom. The molecule has 1 rings (SSSR count). The number of benzene rings is 1. The normalized spacial score (nSPS) is 10.8. The van der Waals surface area contributed by atoms with Crippen molar-refractivity contribution in [3.05, 3.63) is 35.4 Å². The predicted molar refractivity (Wildman–Crippen MR) is 58.3 cm³/mol. The van der Waals surface area contributed by atoms with Crippen molar-refractivity contribution in [1.82, 2.24) is 0 Å². The Labute approximate surface area is 88.7 Å². The van der Waals surface area contributed by atoms with Gasteiger partial charge in [0.1, 0.15) is 11.5 Å². The van der Waals surface area contributed by atoms with E-state index in [2.05, 4.69) is 0 Å². The number of hydrogen-bond acceptors (Lipinski definition) is 3. The zero-order valence-corrected chi connectivity index (χ0v) is 8.82. The Morgan fingerprint density at radius 3 is 2.60 bits per heavy atom. The monoisotopic (exact) mass is 206 g/mol. The number of carbonyl (C=O) groups is 1. The second kappa shape index (κ2) is 4.64. The van der Waals surface area contributed by atoms with E-state index in [1.54, 1.807) is 6.08 Å². The van der Waals surface area contributed by atoms with Gasteiger partial charge in [0, 0.05) is 5.56 Å². The quantitative estimate of drug-likeness (QED) is 0.589. The molecule has 1 aromatic rings. The molecule has 0 saturated carbocycles. The van der Waals surface area contributed by atoms with Crippen LogP contribution in [0.2, 0.25) is 0 Å². The first-order valence-corrected chi connectivity index (χ1v) is 4.73. The number of rotatable bonds is 3. The smallest absolute Gasteiger partial charge is 0.163 e. The summed E-state index contributed by atoms with van der Waals surface area (Å²) in [5, 5.41) is 19.3. The Hall–Kier alpha value is -1.77. The van der Waals surface area contributed by atoms with E-state index in [-0.39, 0.29) is 22.8 Å². The SMILES string of the molecule is C/C=C/Cc1c(O)ccc(C(C)=O)c1O. The van der Waals surface area contributed by atoms with Gasteiger partial charge in [-0.1, -0.05) is 12.2 Å². The largest absolute Gasteiger partial charge is 0.508 e. The average molecular weight is 206 g/mol. The van der Waals surface area contributed by atoms with Gasteiger partial charge in [0.2, 0.25) is 0 Å². The van der Waals surface area contributed by atoms with Gasteiger partial charge in [-0.05, 0) is 32.4 Å². The molecule has 0 amide bonds. The number of phenols is 2. The molecule has 0 spiro atoms. The number of aromatic hydroxyl groups is 2. The fraction of sp³-hybridized carbons (Fsp3) is 0.250. The van der Waals surface area contributed by atoms with E-state index in [1.165, 1.54) is 19.1 Å². The van der Waals surface area contributed by atoms with E-state index < -0.39 is 0 Å². The molecule has 2 N–H and O–H groups in total. The molecule has 0 saturated heterocycles. The minimum Gasteiger partial charge on any atom is -0.508 e. The topological polar surface area (TPSA) is 57.5 Å². The molecular formula is C12H14O3. The molecule has 0 fully saturated rings. The predicted octanol–water partition coefficient (Wildman–Crippen LogP) is 2.42. The molecule has 1 aromatic carbocycles. The molecule has 0 aliphatic rings. The fourth-order valence-corrected chi connectivity index (χ4v) is 1.35. The van der Waals surface area contributed by atoms with E-state index in [0.717, 1.165) is 0 Å². The van der Waals surface area contributed by atoms with Crippen LogP contribution >= 0.6 is 0 Å². The standard InChI is InChI=1S/C12H14O3/c1-3-4-5-10-11(14)7-6-9(8(2)13)12(10)15/h3-4,6-7,14-15H,5H2,1-2H3/b4-3+. The molecule has 3 heteroatoms. The van der Waals surface area contributed by atoms with Crippen LogP contribution in [-0.4, -0.2) is 16.0 Å². The van der Waals surface area contributed by atoms with Gasteiger partial charge in [-0.25, -0.2) is 0 Å². The lowest BCUT2D eigenvalue weighted by Gasteiger charge is -2.08. The Morgan fingerprint density at radius 1 is 1.40 bits per heavy atom. The van der Waals surface area contributed by atoms with Crippen molar-refractivity contribution in [1.29, 1.82) is 0 Å². The van der Waals surface area contributed by atoms with Crippen LogP contribution in [0.1, 0.15) is 29.8 Å². The lowest BCUT2D eigenvalue weighted by Crippen LogP contribution is -1.96. The molecule has 0 aliphatic carbocycles. The number of carbonyl (C=O) groups excluding carboxylic acids is 1. The first-order chi connectivity index (χ1) is 7.07. The van der Waals surface area contributed by atoms with Crippen molar-refractivity contribution in [3.63, 3.8) is 0 Å². The van der Waals surface area contributed by atoms with E-state index in [1.807, 2.05) is 13.0 Å². The maximum absolute atomic E-state index is 11.1. The zero-order chi connectivity index (χ0) is 11.4. The molecule has 0 radical (unpaired) electrons. The molecule has 0 heterocycles. The highest BCUT2D eigenvalue weighted by Crippen LogP contribution is 2.31. The number of hydrogen-bond donors (Lipinski definition) is 2. The molecule has 0 aliphatic heterocycles. The van der Waals surface area contributed by atoms with Crippen molar-refractivity contribution in [2.75, 3.05) is 0 Å². The van der Waals surface area contributed by atoms with Gasteiger partial charge in [0.05, 0.1) is 5.56 Å². The van der Waals surface area contributed by atoms with Crippen LogP contribution in [0.3, 0.4) is 0 Å². The molecule has 0 bridgehead atoms. The third kappa shape index (κ3) is 2.37. The van der Waals surface area contributed by atoms with Gasteiger partial charge < -0.3 is 10.2 Å². The van der Waals surface area contributed by atoms with Crippen LogP contribution in [0.4, 0.5) is 0 Å². The zero-order valence-electron chi connectivity index (χ0n) is 8.82. The summed E-state index contributed by atoms with van der Waals surface area (Å²) in [7, 11) is 0. The summed E-state index contributed by atoms with van der Waals surface area (Å²) in [5.74, 6) is -0.328. The maximum atomic E-state index is 11.1. The van der Waals surface area contributed by atoms with Crippen LogP contribution in [0.5, 0.6) is 11.5 Å². The third-order valence-electron chi connectivity index (χ3n) is 2.19. The van der Waals surface area contributed by atoms with Crippen LogP contribution < -0.4 is 0 Å². The fourth-order valence-electron chi connectivity index (χ4n) is 1.35. The molecule has 80 valence electrons. The van der Waals surface area contributed by atoms with Crippen LogP contribution in [0.15, 0.2) is 24.3 Å². The summed E-state index contributed by atoms with van der Waals surface area (Å²) in [5.41, 5.74) is 0.633. The van der Waals surface area contributed by atoms with E-state index in [0.29, 0.717) is 12.0 Å². The number of Topliss-reactive ketones (excluding diaryl/α,β-unsaturated/α-hetero) is 1. The van der Waals surface area contributed by atoms with E-state index >= 15 is 0 Å². The second-order valence-electron chi connectivity index (χ2n) is 3.29. The second-order valence-corrected chi connectivity index (χ2v) is 3.29. The van der Waals surface area contributed by atoms with E-state index in [4.69, 9.17) is 0 Å². The molecule has 0 atom stereocenters. The summed E-state index contributed by atoms with van der Waals surface area (Å²) in [6, 6.07) is 2.85. The van der Waals surface area contributed by atoms with Crippen molar-refractivity contribution in [3.8, 4) is 11.5 Å². The molecule has 0 aromatic heterocycles. The van der Waals surface area contributed by atoms with Crippen molar-refractivity contribution < 1.29 is 15.0 Å². The summed E-state index contributed by atoms with van der Waals surface area (Å²) in [6.07, 6.45) is 4.04. The summed E-state index contributed by atoms with van der Waals surface area (Å²) in [4.78, 5) is 11.1. The lowest BCUT2D eigenvalue weighted by atomic mass is 10.0. The van der Waals surface area contributed by atoms with Gasteiger partial charge in [-0.15, -0.1) is 0 Å². The van der Waals surface area contributed by atoms with Gasteiger partial charge in [-0.2, -0.15) is 0 Å². The van der Waals surface area contributed by atoms with Crippen molar-refractivity contribution >= 4 is 5.78 Å². The third-order valence-corrected chi connectivity index (χ3v) is 2.19. The highest BCUT2D eigenvalue weighted by molar-refractivity contribution is 5.97. The minimum atomic E-state index is -0.214. The number of ketones is 1. The summed E-state index contributed by atoms with van der Waals surface area (Å²) >= 11 is 0. The molecule has 3 nitrogen and oxygen atoms in total. The lowest BCUT2D eigenvalue weighted by molar-refractivity contribution is 0.101. The minimum absolute atomic E-state index is 0.00981. The Kier molecular flexibility index (Phi) is 3.50. The van der Waals surface area contributed by atoms with E-state index in [9.17, 15) is 15.0 Å². The Balaban J connectivity index is 3.23. The summed E-state index contributed by atoms with van der Waals surface area (Å²) < 4.78 is 0. The number of allylic oxidation sites excluding steroid dienone is 2. The average Bonchev–Trinajstić information content (AvgIpc) is 2.17. The molecule has 0 unspecified atom stereocenters. The van der Waals surface area contributed by atoms with Gasteiger partial charge in [0.15, 0.2) is 5.78 Å². The highest BCUT2D eigenvalue weighted by atomic mass is 16.3. The first-order valence-electron chi connectivity index (χ1n) is 4.73. The van der Waals surface area contributed by atoms with Crippen LogP contribution in [-0.2, 0) is 6.42 Å². The van der Waals surface area contributed by atoms with Gasteiger partial charge in [-0.3, -0.25) is 4.79 Å². The summed E-state index contributed by atoms with van der Waals surface area (Å²) in [6.45, 7) is 3.23.